The number of nitrogens with one attached hydrogen (secondary N) is 2. The van der Waals surface area contributed by atoms with Crippen LogP contribution in [0.5, 0.6) is 0 Å². The number of rotatable bonds is 8. The summed E-state index contributed by atoms with van der Waals surface area (Å²) < 4.78 is 26.4. The normalized spacial score (nSPS) is 21.5. The number of benzene rings is 2. The predicted molar refractivity (Wildman–Crippen MR) is 122 cm³/mol. The van der Waals surface area contributed by atoms with Gasteiger partial charge in [0, 0.05) is 43.7 Å². The molecule has 176 valence electrons. The monoisotopic (exact) mass is 456 g/mol. The topological polar surface area (TPSA) is 64.7 Å². The highest BCUT2D eigenvalue weighted by Crippen LogP contribution is 2.40. The van der Waals surface area contributed by atoms with Crippen molar-refractivity contribution in [3.63, 3.8) is 0 Å². The third kappa shape index (κ3) is 6.15. The first-order valence-corrected chi connectivity index (χ1v) is 11.4. The lowest BCUT2D eigenvalue weighted by atomic mass is 10.1. The molecule has 2 aromatic rings. The first-order valence-electron chi connectivity index (χ1n) is 11.4. The molecule has 0 spiro atoms. The van der Waals surface area contributed by atoms with E-state index >= 15 is 0 Å². The van der Waals surface area contributed by atoms with Crippen molar-refractivity contribution in [2.45, 2.75) is 30.8 Å². The molecule has 1 unspecified atom stereocenters. The van der Waals surface area contributed by atoms with Crippen LogP contribution in [0.15, 0.2) is 48.5 Å². The van der Waals surface area contributed by atoms with Gasteiger partial charge in [-0.05, 0) is 68.4 Å². The second kappa shape index (κ2) is 10.4. The van der Waals surface area contributed by atoms with Gasteiger partial charge in [-0.25, -0.2) is 8.78 Å². The second-order valence-electron chi connectivity index (χ2n) is 8.90. The summed E-state index contributed by atoms with van der Waals surface area (Å²) in [5, 5.41) is 6.32. The molecule has 0 bridgehead atoms. The number of carbonyl (C=O) groups is 2. The van der Waals surface area contributed by atoms with E-state index in [9.17, 15) is 18.4 Å². The van der Waals surface area contributed by atoms with Crippen molar-refractivity contribution in [2.24, 2.45) is 0 Å². The molecular formula is C25H30F2N4O2. The van der Waals surface area contributed by atoms with E-state index in [-0.39, 0.29) is 17.8 Å². The van der Waals surface area contributed by atoms with Gasteiger partial charge in [0.15, 0.2) is 0 Å². The number of carbonyl (C=O) groups excluding carboxylic acids is 2. The van der Waals surface area contributed by atoms with Gasteiger partial charge in [0.05, 0.1) is 0 Å². The third-order valence-electron chi connectivity index (χ3n) is 6.45. The molecule has 2 aromatic carbocycles. The van der Waals surface area contributed by atoms with Crippen molar-refractivity contribution in [3.05, 3.63) is 71.3 Å². The first-order chi connectivity index (χ1) is 15.9. The number of hydrogen-bond acceptors (Lipinski definition) is 4. The number of halogens is 2. The molecule has 1 saturated carbocycles. The average Bonchev–Trinajstić information content (AvgIpc) is 3.59. The van der Waals surface area contributed by atoms with Crippen LogP contribution in [0.4, 0.5) is 8.78 Å². The second-order valence-corrected chi connectivity index (χ2v) is 8.90. The molecule has 3 atom stereocenters. The van der Waals surface area contributed by atoms with Gasteiger partial charge in [-0.15, -0.1) is 0 Å². The van der Waals surface area contributed by atoms with Crippen LogP contribution in [0.3, 0.4) is 0 Å². The number of nitrogens with zero attached hydrogens (tertiary/aromatic N) is 2. The molecular weight excluding hydrogens is 426 g/mol. The molecule has 2 aliphatic rings. The van der Waals surface area contributed by atoms with Crippen LogP contribution in [0.1, 0.15) is 34.7 Å². The largest absolute Gasteiger partial charge is 0.340 e. The number of piperazine rings is 1. The number of hydrogen-bond donors (Lipinski definition) is 2. The van der Waals surface area contributed by atoms with E-state index in [2.05, 4.69) is 15.5 Å². The lowest BCUT2D eigenvalue weighted by molar-refractivity contribution is -0.135. The Morgan fingerprint density at radius 1 is 0.970 bits per heavy atom. The highest BCUT2D eigenvalue weighted by atomic mass is 19.1. The molecule has 0 radical (unpaired) electrons. The quantitative estimate of drug-likeness (QED) is 0.640. The predicted octanol–water partition coefficient (Wildman–Crippen LogP) is 2.37. The van der Waals surface area contributed by atoms with Crippen LogP contribution >= 0.6 is 0 Å². The Morgan fingerprint density at radius 3 is 2.21 bits per heavy atom. The summed E-state index contributed by atoms with van der Waals surface area (Å²) in [5.74, 6) is -0.803. The Balaban J connectivity index is 1.35. The minimum absolute atomic E-state index is 0.0914. The van der Waals surface area contributed by atoms with Crippen LogP contribution < -0.4 is 10.6 Å². The van der Waals surface area contributed by atoms with Crippen molar-refractivity contribution >= 4 is 11.8 Å². The molecule has 2 N–H and O–H groups in total. The molecule has 1 aliphatic heterocycles. The molecule has 2 fully saturated rings. The zero-order chi connectivity index (χ0) is 23.4. The molecule has 1 heterocycles. The van der Waals surface area contributed by atoms with Gasteiger partial charge >= 0.3 is 0 Å². The lowest BCUT2D eigenvalue weighted by Gasteiger charge is -2.34. The zero-order valence-electron chi connectivity index (χ0n) is 18.8. The SMILES string of the molecule is CN1CCN(C(=O)C(CCN[C@@H]2C[C@H]2c2ccc(F)cc2)NC(=O)c2ccc(F)cc2)CC1. The molecule has 8 heteroatoms. The fraction of sp³-hybridized carbons (Fsp3) is 0.440. The smallest absolute Gasteiger partial charge is 0.251 e. The summed E-state index contributed by atoms with van der Waals surface area (Å²) in [7, 11) is 2.02. The highest BCUT2D eigenvalue weighted by molar-refractivity contribution is 5.97. The standard InChI is InChI=1S/C25H30F2N4O2/c1-30-12-14-31(15-13-30)25(33)22(29-24(32)18-4-8-20(27)9-5-18)10-11-28-23-16-21(23)17-2-6-19(26)7-3-17/h2-9,21-23,28H,10-16H2,1H3,(H,29,32)/t21-,22?,23+/m0/s1. The van der Waals surface area contributed by atoms with Gasteiger partial charge in [-0.3, -0.25) is 9.59 Å². The molecule has 6 nitrogen and oxygen atoms in total. The zero-order valence-corrected chi connectivity index (χ0v) is 18.8. The van der Waals surface area contributed by atoms with E-state index in [0.717, 1.165) is 25.1 Å². The summed E-state index contributed by atoms with van der Waals surface area (Å²) in [4.78, 5) is 29.9. The summed E-state index contributed by atoms with van der Waals surface area (Å²) >= 11 is 0. The van der Waals surface area contributed by atoms with E-state index in [1.54, 1.807) is 4.90 Å². The average molecular weight is 457 g/mol. The molecule has 1 saturated heterocycles. The van der Waals surface area contributed by atoms with E-state index in [4.69, 9.17) is 0 Å². The third-order valence-corrected chi connectivity index (χ3v) is 6.45. The van der Waals surface area contributed by atoms with Gasteiger partial charge in [-0.1, -0.05) is 12.1 Å². The Kier molecular flexibility index (Phi) is 7.35. The molecule has 2 amide bonds. The maximum atomic E-state index is 13.2. The summed E-state index contributed by atoms with van der Waals surface area (Å²) in [6.45, 7) is 3.41. The van der Waals surface area contributed by atoms with E-state index in [1.165, 1.54) is 36.4 Å². The van der Waals surface area contributed by atoms with Crippen molar-refractivity contribution in [1.82, 2.24) is 20.4 Å². The Morgan fingerprint density at radius 2 is 1.58 bits per heavy atom. The molecule has 0 aromatic heterocycles. The van der Waals surface area contributed by atoms with Crippen LogP contribution in [0, 0.1) is 11.6 Å². The highest BCUT2D eigenvalue weighted by Gasteiger charge is 2.38. The van der Waals surface area contributed by atoms with E-state index in [0.29, 0.717) is 37.5 Å². The Bertz CT molecular complexity index is 959. The van der Waals surface area contributed by atoms with Crippen LogP contribution in [0.25, 0.3) is 0 Å². The van der Waals surface area contributed by atoms with Crippen LogP contribution in [0.2, 0.25) is 0 Å². The van der Waals surface area contributed by atoms with Gasteiger partial charge in [-0.2, -0.15) is 0 Å². The van der Waals surface area contributed by atoms with Crippen LogP contribution in [-0.4, -0.2) is 73.5 Å². The van der Waals surface area contributed by atoms with Gasteiger partial charge in [0.2, 0.25) is 5.91 Å². The fourth-order valence-corrected chi connectivity index (χ4v) is 4.26. The number of likely N-dealkylation sites (N-methyl/N-ethyl adjacent to an activating group) is 1. The summed E-state index contributed by atoms with van der Waals surface area (Å²) in [6.07, 6.45) is 1.41. The van der Waals surface area contributed by atoms with Crippen molar-refractivity contribution < 1.29 is 18.4 Å². The lowest BCUT2D eigenvalue weighted by Crippen LogP contribution is -2.54. The number of amides is 2. The van der Waals surface area contributed by atoms with Crippen molar-refractivity contribution in [1.29, 1.82) is 0 Å². The minimum atomic E-state index is -0.665. The Labute approximate surface area is 192 Å². The van der Waals surface area contributed by atoms with Crippen molar-refractivity contribution in [3.8, 4) is 0 Å². The van der Waals surface area contributed by atoms with Crippen molar-refractivity contribution in [2.75, 3.05) is 39.8 Å². The van der Waals surface area contributed by atoms with E-state index in [1.807, 2.05) is 19.2 Å². The van der Waals surface area contributed by atoms with Crippen LogP contribution in [-0.2, 0) is 4.79 Å². The summed E-state index contributed by atoms with van der Waals surface area (Å²) in [5.41, 5.74) is 1.42. The van der Waals surface area contributed by atoms with Gasteiger partial charge < -0.3 is 20.4 Å². The molecule has 1 aliphatic carbocycles. The first kappa shape index (κ1) is 23.3. The molecule has 4 rings (SSSR count). The van der Waals surface area contributed by atoms with Gasteiger partial charge in [0.25, 0.3) is 5.91 Å². The maximum absolute atomic E-state index is 13.2. The fourth-order valence-electron chi connectivity index (χ4n) is 4.26. The van der Waals surface area contributed by atoms with E-state index < -0.39 is 17.8 Å². The maximum Gasteiger partial charge on any atom is 0.251 e. The molecule has 33 heavy (non-hydrogen) atoms. The minimum Gasteiger partial charge on any atom is -0.340 e. The summed E-state index contributed by atoms with van der Waals surface area (Å²) in [6, 6.07) is 11.5. The Hall–Kier alpha value is -2.84. The van der Waals surface area contributed by atoms with Gasteiger partial charge in [0.1, 0.15) is 17.7 Å².